The zero-order valence-electron chi connectivity index (χ0n) is 9.56. The van der Waals surface area contributed by atoms with Gasteiger partial charge in [-0.05, 0) is 26.7 Å². The van der Waals surface area contributed by atoms with Crippen LogP contribution in [0.2, 0.25) is 0 Å². The fourth-order valence-electron chi connectivity index (χ4n) is 2.16. The number of aryl methyl sites for hydroxylation is 2. The van der Waals surface area contributed by atoms with Gasteiger partial charge in [-0.1, -0.05) is 0 Å². The topological polar surface area (TPSA) is 53.4 Å². The molecule has 5 heteroatoms. The molecule has 1 atom stereocenters. The van der Waals surface area contributed by atoms with Gasteiger partial charge < -0.3 is 10.0 Å². The van der Waals surface area contributed by atoms with Crippen molar-refractivity contribution in [3.05, 3.63) is 15.6 Å². The van der Waals surface area contributed by atoms with Gasteiger partial charge in [0, 0.05) is 11.4 Å². The number of rotatable bonds is 2. The number of hydrogen-bond donors (Lipinski definition) is 1. The van der Waals surface area contributed by atoms with Crippen LogP contribution in [-0.2, 0) is 0 Å². The lowest BCUT2D eigenvalue weighted by Gasteiger charge is -2.22. The maximum Gasteiger partial charge on any atom is 0.273 e. The lowest BCUT2D eigenvalue weighted by atomic mass is 10.2. The molecule has 1 aromatic heterocycles. The first-order chi connectivity index (χ1) is 7.63. The second kappa shape index (κ2) is 4.51. The predicted molar refractivity (Wildman–Crippen MR) is 62.7 cm³/mol. The van der Waals surface area contributed by atoms with Crippen LogP contribution in [0.1, 0.15) is 33.2 Å². The third kappa shape index (κ3) is 1.97. The average Bonchev–Trinajstić information content (AvgIpc) is 2.83. The number of thiazole rings is 1. The summed E-state index contributed by atoms with van der Waals surface area (Å²) in [5.41, 5.74) is 0.558. The molecule has 0 saturated carbocycles. The largest absolute Gasteiger partial charge is 0.394 e. The van der Waals surface area contributed by atoms with E-state index in [9.17, 15) is 9.90 Å². The van der Waals surface area contributed by atoms with E-state index in [1.807, 2.05) is 13.8 Å². The zero-order valence-corrected chi connectivity index (χ0v) is 10.4. The molecule has 1 fully saturated rings. The highest BCUT2D eigenvalue weighted by atomic mass is 32.1. The molecule has 0 bridgehead atoms. The summed E-state index contributed by atoms with van der Waals surface area (Å²) < 4.78 is 0. The molecule has 1 saturated heterocycles. The average molecular weight is 240 g/mol. The molecule has 1 aromatic rings. The molecule has 1 unspecified atom stereocenters. The third-order valence-electron chi connectivity index (χ3n) is 2.95. The molecule has 0 spiro atoms. The number of hydrogen-bond acceptors (Lipinski definition) is 4. The second-order valence-corrected chi connectivity index (χ2v) is 5.52. The van der Waals surface area contributed by atoms with Gasteiger partial charge in [-0.15, -0.1) is 11.3 Å². The highest BCUT2D eigenvalue weighted by Crippen LogP contribution is 2.23. The Hall–Kier alpha value is -0.940. The van der Waals surface area contributed by atoms with Crippen molar-refractivity contribution in [1.82, 2.24) is 9.88 Å². The van der Waals surface area contributed by atoms with Gasteiger partial charge in [-0.3, -0.25) is 4.79 Å². The number of aromatic nitrogens is 1. The minimum Gasteiger partial charge on any atom is -0.394 e. The van der Waals surface area contributed by atoms with Crippen molar-refractivity contribution in [2.24, 2.45) is 0 Å². The van der Waals surface area contributed by atoms with Crippen LogP contribution in [0, 0.1) is 13.8 Å². The fourth-order valence-corrected chi connectivity index (χ4v) is 2.97. The van der Waals surface area contributed by atoms with Gasteiger partial charge in [-0.2, -0.15) is 0 Å². The van der Waals surface area contributed by atoms with Gasteiger partial charge in [0.15, 0.2) is 0 Å². The summed E-state index contributed by atoms with van der Waals surface area (Å²) in [5.74, 6) is -0.0293. The lowest BCUT2D eigenvalue weighted by Crippen LogP contribution is -2.38. The maximum atomic E-state index is 12.2. The van der Waals surface area contributed by atoms with E-state index in [0.29, 0.717) is 5.69 Å². The summed E-state index contributed by atoms with van der Waals surface area (Å²) in [6.07, 6.45) is 1.86. The van der Waals surface area contributed by atoms with Crippen LogP contribution >= 0.6 is 11.3 Å². The van der Waals surface area contributed by atoms with Crippen molar-refractivity contribution in [2.45, 2.75) is 32.7 Å². The molecule has 0 aromatic carbocycles. The van der Waals surface area contributed by atoms with Gasteiger partial charge in [0.25, 0.3) is 5.91 Å². The molecular formula is C11H16N2O2S. The molecule has 1 N–H and O–H groups in total. The monoisotopic (exact) mass is 240 g/mol. The normalized spacial score (nSPS) is 20.4. The molecule has 2 heterocycles. The quantitative estimate of drug-likeness (QED) is 0.849. The Labute approximate surface area is 98.9 Å². The lowest BCUT2D eigenvalue weighted by molar-refractivity contribution is 0.0671. The molecule has 88 valence electrons. The Morgan fingerprint density at radius 1 is 1.62 bits per heavy atom. The number of likely N-dealkylation sites (tertiary alicyclic amines) is 1. The van der Waals surface area contributed by atoms with Crippen LogP contribution in [0.5, 0.6) is 0 Å². The number of nitrogens with zero attached hydrogens (tertiary/aromatic N) is 2. The van der Waals surface area contributed by atoms with Crippen LogP contribution in [0.25, 0.3) is 0 Å². The molecule has 0 aliphatic carbocycles. The first-order valence-electron chi connectivity index (χ1n) is 5.49. The van der Waals surface area contributed by atoms with Gasteiger partial charge in [0.1, 0.15) is 5.69 Å². The summed E-state index contributed by atoms with van der Waals surface area (Å²) in [4.78, 5) is 19.2. The van der Waals surface area contributed by atoms with Crippen LogP contribution in [0.3, 0.4) is 0 Å². The van der Waals surface area contributed by atoms with E-state index < -0.39 is 0 Å². The number of carbonyl (C=O) groups is 1. The highest BCUT2D eigenvalue weighted by molar-refractivity contribution is 7.11. The summed E-state index contributed by atoms with van der Waals surface area (Å²) in [6, 6.07) is -0.0195. The molecular weight excluding hydrogens is 224 g/mol. The molecule has 2 rings (SSSR count). The Kier molecular flexibility index (Phi) is 3.25. The molecule has 1 aliphatic rings. The van der Waals surface area contributed by atoms with Gasteiger partial charge >= 0.3 is 0 Å². The van der Waals surface area contributed by atoms with Crippen LogP contribution in [0.15, 0.2) is 0 Å². The summed E-state index contributed by atoms with van der Waals surface area (Å²) in [5, 5.41) is 10.1. The predicted octanol–water partition coefficient (Wildman–Crippen LogP) is 1.36. The van der Waals surface area contributed by atoms with Crippen molar-refractivity contribution in [1.29, 1.82) is 0 Å². The first kappa shape index (κ1) is 11.5. The summed E-state index contributed by atoms with van der Waals surface area (Å²) in [6.45, 7) is 4.61. The summed E-state index contributed by atoms with van der Waals surface area (Å²) in [7, 11) is 0. The zero-order chi connectivity index (χ0) is 11.7. The summed E-state index contributed by atoms with van der Waals surface area (Å²) >= 11 is 1.54. The number of amides is 1. The van der Waals surface area contributed by atoms with Crippen molar-refractivity contribution in [3.8, 4) is 0 Å². The van der Waals surface area contributed by atoms with Gasteiger partial charge in [0.05, 0.1) is 17.7 Å². The standard InChI is InChI=1S/C11H16N2O2S/c1-7-10(12-8(2)16-7)11(15)13-5-3-4-9(13)6-14/h9,14H,3-6H2,1-2H3. The minimum atomic E-state index is -0.0293. The van der Waals surface area contributed by atoms with E-state index in [0.717, 1.165) is 29.3 Å². The number of carbonyl (C=O) groups excluding carboxylic acids is 1. The van der Waals surface area contributed by atoms with Crippen molar-refractivity contribution < 1.29 is 9.90 Å². The van der Waals surface area contributed by atoms with Crippen molar-refractivity contribution in [2.75, 3.05) is 13.2 Å². The SMILES string of the molecule is Cc1nc(C(=O)N2CCCC2CO)c(C)s1. The third-order valence-corrected chi connectivity index (χ3v) is 3.84. The van der Waals surface area contributed by atoms with Gasteiger partial charge in [-0.25, -0.2) is 4.98 Å². The molecule has 1 aliphatic heterocycles. The maximum absolute atomic E-state index is 12.2. The number of aliphatic hydroxyl groups excluding tert-OH is 1. The first-order valence-corrected chi connectivity index (χ1v) is 6.31. The smallest absolute Gasteiger partial charge is 0.273 e. The van der Waals surface area contributed by atoms with E-state index in [1.165, 1.54) is 0 Å². The Morgan fingerprint density at radius 2 is 2.38 bits per heavy atom. The molecule has 0 radical (unpaired) electrons. The van der Waals surface area contributed by atoms with Crippen LogP contribution < -0.4 is 0 Å². The van der Waals surface area contributed by atoms with Crippen molar-refractivity contribution in [3.63, 3.8) is 0 Å². The Bertz CT molecular complexity index is 403. The van der Waals surface area contributed by atoms with E-state index >= 15 is 0 Å². The molecule has 4 nitrogen and oxygen atoms in total. The molecule has 16 heavy (non-hydrogen) atoms. The fraction of sp³-hybridized carbons (Fsp3) is 0.636. The van der Waals surface area contributed by atoms with Crippen molar-refractivity contribution >= 4 is 17.2 Å². The Morgan fingerprint density at radius 3 is 2.94 bits per heavy atom. The van der Waals surface area contributed by atoms with E-state index in [4.69, 9.17) is 0 Å². The van der Waals surface area contributed by atoms with Crippen LogP contribution in [-0.4, -0.2) is 40.1 Å². The molecule has 1 amide bonds. The Balaban J connectivity index is 2.21. The van der Waals surface area contributed by atoms with E-state index in [1.54, 1.807) is 16.2 Å². The van der Waals surface area contributed by atoms with E-state index in [2.05, 4.69) is 4.98 Å². The second-order valence-electron chi connectivity index (χ2n) is 4.11. The van der Waals surface area contributed by atoms with Crippen LogP contribution in [0.4, 0.5) is 0 Å². The van der Waals surface area contributed by atoms with Gasteiger partial charge in [0.2, 0.25) is 0 Å². The number of aliphatic hydroxyl groups is 1. The van der Waals surface area contributed by atoms with E-state index in [-0.39, 0.29) is 18.6 Å². The minimum absolute atomic E-state index is 0.0195. The highest BCUT2D eigenvalue weighted by Gasteiger charge is 2.30.